The standard InChI is InChI=1S/C24H29N3S/c25-13-8-21-6-7-24-23(18-21)11-14-26(24)19-22-9-15-27(16-10-22)28-17-12-20-4-2-1-3-5-20/h1-7,11,13-14,18,22,25H,8-10,12,15-17,19H2. The van der Waals surface area contributed by atoms with E-state index in [9.17, 15) is 0 Å². The Labute approximate surface area is 172 Å². The van der Waals surface area contributed by atoms with Crippen molar-refractivity contribution in [1.29, 1.82) is 5.41 Å². The molecule has 0 amide bonds. The molecule has 4 heteroatoms. The highest BCUT2D eigenvalue weighted by molar-refractivity contribution is 7.97. The monoisotopic (exact) mass is 391 g/mol. The number of aromatic nitrogens is 1. The fourth-order valence-corrected chi connectivity index (χ4v) is 5.14. The van der Waals surface area contributed by atoms with Gasteiger partial charge in [-0.1, -0.05) is 48.3 Å². The van der Waals surface area contributed by atoms with Crippen LogP contribution in [0.4, 0.5) is 0 Å². The van der Waals surface area contributed by atoms with E-state index in [2.05, 4.69) is 69.7 Å². The van der Waals surface area contributed by atoms with Crippen molar-refractivity contribution in [3.8, 4) is 0 Å². The van der Waals surface area contributed by atoms with Crippen LogP contribution < -0.4 is 0 Å². The van der Waals surface area contributed by atoms with Crippen molar-refractivity contribution in [2.45, 2.75) is 32.2 Å². The summed E-state index contributed by atoms with van der Waals surface area (Å²) >= 11 is 2.02. The summed E-state index contributed by atoms with van der Waals surface area (Å²) in [6.07, 6.45) is 8.15. The van der Waals surface area contributed by atoms with Gasteiger partial charge in [-0.2, -0.15) is 0 Å². The molecule has 4 rings (SSSR count). The first-order valence-corrected chi connectivity index (χ1v) is 11.2. The molecule has 1 aliphatic heterocycles. The maximum atomic E-state index is 7.29. The number of nitrogens with zero attached hydrogens (tertiary/aromatic N) is 2. The Morgan fingerprint density at radius 3 is 2.61 bits per heavy atom. The highest BCUT2D eigenvalue weighted by Gasteiger charge is 2.20. The van der Waals surface area contributed by atoms with Crippen LogP contribution in [0.25, 0.3) is 10.9 Å². The number of rotatable bonds is 8. The zero-order valence-corrected chi connectivity index (χ0v) is 17.2. The maximum absolute atomic E-state index is 7.29. The molecule has 0 atom stereocenters. The highest BCUT2D eigenvalue weighted by Crippen LogP contribution is 2.26. The van der Waals surface area contributed by atoms with E-state index in [-0.39, 0.29) is 0 Å². The summed E-state index contributed by atoms with van der Waals surface area (Å²) in [7, 11) is 0. The van der Waals surface area contributed by atoms with Crippen LogP contribution in [0, 0.1) is 11.3 Å². The molecule has 3 nitrogen and oxygen atoms in total. The van der Waals surface area contributed by atoms with Gasteiger partial charge in [0.25, 0.3) is 0 Å². The molecule has 2 heterocycles. The molecular formula is C24H29N3S. The molecule has 28 heavy (non-hydrogen) atoms. The lowest BCUT2D eigenvalue weighted by atomic mass is 9.98. The molecule has 3 aromatic rings. The van der Waals surface area contributed by atoms with E-state index in [0.717, 1.165) is 25.3 Å². The fraction of sp³-hybridized carbons (Fsp3) is 0.375. The number of piperidine rings is 1. The third kappa shape index (κ3) is 4.86. The molecule has 0 spiro atoms. The Morgan fingerprint density at radius 1 is 1.00 bits per heavy atom. The third-order valence-corrected chi connectivity index (χ3v) is 6.83. The predicted molar refractivity (Wildman–Crippen MR) is 121 cm³/mol. The van der Waals surface area contributed by atoms with Gasteiger partial charge in [0.15, 0.2) is 0 Å². The molecule has 1 fully saturated rings. The van der Waals surface area contributed by atoms with Crippen LogP contribution in [0.3, 0.4) is 0 Å². The van der Waals surface area contributed by atoms with Gasteiger partial charge in [0, 0.05) is 43.5 Å². The van der Waals surface area contributed by atoms with Crippen LogP contribution in [0.15, 0.2) is 60.8 Å². The second-order valence-electron chi connectivity index (χ2n) is 7.71. The SMILES string of the molecule is N=CCc1ccc2c(ccn2CC2CCN(SCCc3ccccc3)CC2)c1. The first-order valence-electron chi connectivity index (χ1n) is 10.3. The van der Waals surface area contributed by atoms with Crippen LogP contribution >= 0.6 is 11.9 Å². The minimum Gasteiger partial charge on any atom is -0.347 e. The number of nitrogens with one attached hydrogen (secondary N) is 1. The zero-order valence-electron chi connectivity index (χ0n) is 16.4. The van der Waals surface area contributed by atoms with Crippen LogP contribution in [0.1, 0.15) is 24.0 Å². The molecule has 1 aliphatic rings. The second kappa shape index (κ2) is 9.44. The second-order valence-corrected chi connectivity index (χ2v) is 8.89. The van der Waals surface area contributed by atoms with Gasteiger partial charge in [0.2, 0.25) is 0 Å². The lowest BCUT2D eigenvalue weighted by molar-refractivity contribution is 0.269. The van der Waals surface area contributed by atoms with Gasteiger partial charge in [-0.05, 0) is 66.1 Å². The van der Waals surface area contributed by atoms with E-state index in [1.165, 1.54) is 59.9 Å². The van der Waals surface area contributed by atoms with E-state index in [4.69, 9.17) is 5.41 Å². The van der Waals surface area contributed by atoms with Crippen molar-refractivity contribution in [2.24, 2.45) is 5.92 Å². The van der Waals surface area contributed by atoms with Crippen molar-refractivity contribution < 1.29 is 0 Å². The number of hydrogen-bond donors (Lipinski definition) is 1. The summed E-state index contributed by atoms with van der Waals surface area (Å²) in [5, 5.41) is 8.59. The normalized spacial score (nSPS) is 15.9. The van der Waals surface area contributed by atoms with Gasteiger partial charge in [0.1, 0.15) is 0 Å². The van der Waals surface area contributed by atoms with E-state index in [0.29, 0.717) is 0 Å². The minimum absolute atomic E-state index is 0.724. The van der Waals surface area contributed by atoms with Gasteiger partial charge in [0.05, 0.1) is 0 Å². The van der Waals surface area contributed by atoms with Crippen molar-refractivity contribution in [3.05, 3.63) is 71.9 Å². The van der Waals surface area contributed by atoms with E-state index in [1.807, 2.05) is 11.9 Å². The number of benzene rings is 2. The summed E-state index contributed by atoms with van der Waals surface area (Å²) in [6, 6.07) is 19.6. The quantitative estimate of drug-likeness (QED) is 0.410. The Morgan fingerprint density at radius 2 is 1.82 bits per heavy atom. The smallest absolute Gasteiger partial charge is 0.0480 e. The van der Waals surface area contributed by atoms with Gasteiger partial charge >= 0.3 is 0 Å². The molecule has 0 radical (unpaired) electrons. The lowest BCUT2D eigenvalue weighted by Gasteiger charge is -2.31. The molecule has 146 valence electrons. The van der Waals surface area contributed by atoms with Crippen molar-refractivity contribution in [1.82, 2.24) is 8.87 Å². The molecule has 0 aliphatic carbocycles. The average molecular weight is 392 g/mol. The fourth-order valence-electron chi connectivity index (χ4n) is 4.09. The minimum atomic E-state index is 0.724. The molecule has 0 saturated carbocycles. The maximum Gasteiger partial charge on any atom is 0.0480 e. The summed E-state index contributed by atoms with van der Waals surface area (Å²) < 4.78 is 4.99. The van der Waals surface area contributed by atoms with E-state index in [1.54, 1.807) is 0 Å². The molecule has 1 N–H and O–H groups in total. The first kappa shape index (κ1) is 19.3. The lowest BCUT2D eigenvalue weighted by Crippen LogP contribution is -2.30. The van der Waals surface area contributed by atoms with Crippen molar-refractivity contribution in [2.75, 3.05) is 18.8 Å². The van der Waals surface area contributed by atoms with Crippen LogP contribution in [-0.2, 0) is 19.4 Å². The Kier molecular flexibility index (Phi) is 6.50. The summed E-state index contributed by atoms with van der Waals surface area (Å²) in [5.74, 6) is 1.94. The molecule has 0 bridgehead atoms. The molecule has 1 aromatic heterocycles. The number of fused-ring (bicyclic) bond motifs is 1. The first-order chi connectivity index (χ1) is 13.8. The average Bonchev–Trinajstić information content (AvgIpc) is 3.12. The number of hydrogen-bond acceptors (Lipinski definition) is 3. The predicted octanol–water partition coefficient (Wildman–Crippen LogP) is 5.44. The van der Waals surface area contributed by atoms with E-state index >= 15 is 0 Å². The van der Waals surface area contributed by atoms with E-state index < -0.39 is 0 Å². The Hall–Kier alpha value is -2.04. The Bertz CT molecular complexity index is 895. The van der Waals surface area contributed by atoms with Gasteiger partial charge in [-0.25, -0.2) is 0 Å². The van der Waals surface area contributed by atoms with Gasteiger partial charge < -0.3 is 9.98 Å². The number of aryl methyl sites for hydroxylation is 1. The van der Waals surface area contributed by atoms with Gasteiger partial charge in [-0.3, -0.25) is 4.31 Å². The topological polar surface area (TPSA) is 32.0 Å². The molecule has 1 saturated heterocycles. The zero-order chi connectivity index (χ0) is 19.2. The molecule has 2 aromatic carbocycles. The largest absolute Gasteiger partial charge is 0.347 e. The summed E-state index contributed by atoms with van der Waals surface area (Å²) in [5.41, 5.74) is 3.99. The molecule has 0 unspecified atom stereocenters. The summed E-state index contributed by atoms with van der Waals surface area (Å²) in [4.78, 5) is 0. The van der Waals surface area contributed by atoms with Crippen LogP contribution in [0.2, 0.25) is 0 Å². The van der Waals surface area contributed by atoms with Gasteiger partial charge in [-0.15, -0.1) is 0 Å². The third-order valence-electron chi connectivity index (χ3n) is 5.71. The van der Waals surface area contributed by atoms with Crippen molar-refractivity contribution in [3.63, 3.8) is 0 Å². The Balaban J connectivity index is 1.25. The summed E-state index contributed by atoms with van der Waals surface area (Å²) in [6.45, 7) is 3.52. The van der Waals surface area contributed by atoms with Crippen LogP contribution in [-0.4, -0.2) is 33.9 Å². The van der Waals surface area contributed by atoms with Crippen molar-refractivity contribution >= 4 is 29.1 Å². The van der Waals surface area contributed by atoms with Crippen LogP contribution in [0.5, 0.6) is 0 Å². The molecular weight excluding hydrogens is 362 g/mol. The highest BCUT2D eigenvalue weighted by atomic mass is 32.2.